The number of rotatable bonds is 4. The number of aryl methyl sites for hydroxylation is 2. The summed E-state index contributed by atoms with van der Waals surface area (Å²) in [6.45, 7) is 4.45. The molecule has 2 aromatic heterocycles. The largest absolute Gasteiger partial charge is 0.279 e. The number of aromatic nitrogens is 2. The Bertz CT molecular complexity index is 1100. The van der Waals surface area contributed by atoms with Gasteiger partial charge in [0.25, 0.3) is 5.91 Å². The number of benzene rings is 2. The van der Waals surface area contributed by atoms with Crippen LogP contribution >= 0.6 is 11.3 Å². The summed E-state index contributed by atoms with van der Waals surface area (Å²) in [4.78, 5) is 24.0. The molecule has 0 N–H and O–H groups in total. The Morgan fingerprint density at radius 3 is 2.70 bits per heavy atom. The summed E-state index contributed by atoms with van der Waals surface area (Å²) in [5.41, 5.74) is 4.71. The van der Waals surface area contributed by atoms with Crippen LogP contribution in [0, 0.1) is 13.8 Å². The molecular weight excluding hydrogens is 354 g/mol. The second kappa shape index (κ2) is 7.29. The Morgan fingerprint density at radius 1 is 1.07 bits per heavy atom. The number of fused-ring (bicyclic) bond motifs is 1. The molecule has 134 valence electrons. The molecule has 4 nitrogen and oxygen atoms in total. The summed E-state index contributed by atoms with van der Waals surface area (Å²) in [7, 11) is 0. The molecule has 27 heavy (non-hydrogen) atoms. The van der Waals surface area contributed by atoms with Gasteiger partial charge < -0.3 is 0 Å². The molecule has 0 saturated heterocycles. The maximum absolute atomic E-state index is 13.4. The number of anilines is 1. The molecule has 2 aromatic carbocycles. The molecule has 0 unspecified atom stereocenters. The Morgan fingerprint density at radius 2 is 1.93 bits per heavy atom. The van der Waals surface area contributed by atoms with Crippen molar-refractivity contribution >= 4 is 32.6 Å². The van der Waals surface area contributed by atoms with Crippen LogP contribution in [0.5, 0.6) is 0 Å². The minimum atomic E-state index is -0.0484. The predicted octanol–water partition coefficient (Wildman–Crippen LogP) is 5.16. The second-order valence-electron chi connectivity index (χ2n) is 6.54. The number of hydrogen-bond donors (Lipinski definition) is 0. The predicted molar refractivity (Wildman–Crippen MR) is 110 cm³/mol. The zero-order valence-electron chi connectivity index (χ0n) is 15.2. The second-order valence-corrected chi connectivity index (χ2v) is 7.54. The van der Waals surface area contributed by atoms with Gasteiger partial charge in [0, 0.05) is 18.0 Å². The lowest BCUT2D eigenvalue weighted by Gasteiger charge is -2.21. The average molecular weight is 373 g/mol. The molecule has 4 rings (SSSR count). The van der Waals surface area contributed by atoms with Crippen LogP contribution in [0.3, 0.4) is 0 Å². The maximum Gasteiger partial charge on any atom is 0.260 e. The Kier molecular flexibility index (Phi) is 4.69. The number of pyridine rings is 1. The third kappa shape index (κ3) is 3.59. The number of hydrogen-bond acceptors (Lipinski definition) is 4. The molecule has 0 radical (unpaired) electrons. The van der Waals surface area contributed by atoms with Crippen LogP contribution in [0.25, 0.3) is 10.2 Å². The van der Waals surface area contributed by atoms with Gasteiger partial charge in [-0.15, -0.1) is 0 Å². The van der Waals surface area contributed by atoms with E-state index in [2.05, 4.69) is 18.0 Å². The third-order valence-electron chi connectivity index (χ3n) is 4.45. The minimum absolute atomic E-state index is 0.0484. The molecule has 4 aromatic rings. The van der Waals surface area contributed by atoms with Gasteiger partial charge in [-0.05, 0) is 54.8 Å². The lowest BCUT2D eigenvalue weighted by atomic mass is 10.1. The highest BCUT2D eigenvalue weighted by Gasteiger charge is 2.23. The van der Waals surface area contributed by atoms with E-state index in [1.807, 2.05) is 55.5 Å². The molecule has 2 heterocycles. The van der Waals surface area contributed by atoms with Gasteiger partial charge in [0.15, 0.2) is 5.13 Å². The van der Waals surface area contributed by atoms with Crippen molar-refractivity contribution in [3.8, 4) is 0 Å². The zero-order chi connectivity index (χ0) is 18.8. The first-order valence-electron chi connectivity index (χ1n) is 8.75. The lowest BCUT2D eigenvalue weighted by Crippen LogP contribution is -2.30. The average Bonchev–Trinajstić information content (AvgIpc) is 3.09. The summed E-state index contributed by atoms with van der Waals surface area (Å²) in [5.74, 6) is -0.0484. The van der Waals surface area contributed by atoms with Crippen molar-refractivity contribution in [1.29, 1.82) is 0 Å². The summed E-state index contributed by atoms with van der Waals surface area (Å²) >= 11 is 1.54. The first-order valence-corrected chi connectivity index (χ1v) is 9.57. The summed E-state index contributed by atoms with van der Waals surface area (Å²) in [6.07, 6.45) is 3.52. The smallest absolute Gasteiger partial charge is 0.260 e. The minimum Gasteiger partial charge on any atom is -0.279 e. The molecule has 5 heteroatoms. The monoisotopic (exact) mass is 373 g/mol. The van der Waals surface area contributed by atoms with E-state index in [1.54, 1.807) is 28.6 Å². The van der Waals surface area contributed by atoms with Gasteiger partial charge in [-0.25, -0.2) is 4.98 Å². The standard InChI is InChI=1S/C22H19N3OS/c1-15-9-10-19-20(12-15)27-22(24-19)25(14-17-7-5-11-23-13-17)21(26)18-8-4-3-6-16(18)2/h3-13H,14H2,1-2H3. The molecule has 0 spiro atoms. The van der Waals surface area contributed by atoms with Crippen molar-refractivity contribution < 1.29 is 4.79 Å². The number of nitrogens with zero attached hydrogens (tertiary/aromatic N) is 3. The molecule has 1 amide bonds. The van der Waals surface area contributed by atoms with Crippen molar-refractivity contribution in [2.45, 2.75) is 20.4 Å². The van der Waals surface area contributed by atoms with Crippen LogP contribution in [0.2, 0.25) is 0 Å². The molecule has 0 saturated carbocycles. The number of carbonyl (C=O) groups is 1. The van der Waals surface area contributed by atoms with Crippen LogP contribution in [0.1, 0.15) is 27.0 Å². The Labute approximate surface area is 162 Å². The van der Waals surface area contributed by atoms with Crippen LogP contribution in [0.4, 0.5) is 5.13 Å². The molecule has 0 bridgehead atoms. The van der Waals surface area contributed by atoms with Gasteiger partial charge in [-0.3, -0.25) is 14.7 Å². The van der Waals surface area contributed by atoms with E-state index in [0.29, 0.717) is 17.2 Å². The SMILES string of the molecule is Cc1ccc2nc(N(Cc3cccnc3)C(=O)c3ccccc3C)sc2c1. The van der Waals surface area contributed by atoms with Crippen LogP contribution < -0.4 is 4.90 Å². The fourth-order valence-electron chi connectivity index (χ4n) is 2.99. The molecule has 0 atom stereocenters. The first-order chi connectivity index (χ1) is 13.1. The van der Waals surface area contributed by atoms with Crippen LogP contribution in [0.15, 0.2) is 67.0 Å². The maximum atomic E-state index is 13.4. The van der Waals surface area contributed by atoms with E-state index in [0.717, 1.165) is 21.3 Å². The Balaban J connectivity index is 1.79. The van der Waals surface area contributed by atoms with Gasteiger partial charge in [-0.1, -0.05) is 41.7 Å². The third-order valence-corrected chi connectivity index (χ3v) is 5.49. The van der Waals surface area contributed by atoms with E-state index in [1.165, 1.54) is 5.56 Å². The highest BCUT2D eigenvalue weighted by molar-refractivity contribution is 7.22. The van der Waals surface area contributed by atoms with Crippen molar-refractivity contribution in [2.24, 2.45) is 0 Å². The van der Waals surface area contributed by atoms with Crippen molar-refractivity contribution in [1.82, 2.24) is 9.97 Å². The number of carbonyl (C=O) groups excluding carboxylic acids is 1. The van der Waals surface area contributed by atoms with E-state index >= 15 is 0 Å². The summed E-state index contributed by atoms with van der Waals surface area (Å²) in [5, 5.41) is 0.702. The van der Waals surface area contributed by atoms with Crippen molar-refractivity contribution in [3.63, 3.8) is 0 Å². The van der Waals surface area contributed by atoms with Gasteiger partial charge in [0.2, 0.25) is 0 Å². The molecule has 0 aliphatic heterocycles. The highest BCUT2D eigenvalue weighted by atomic mass is 32.1. The number of thiazole rings is 1. The van der Waals surface area contributed by atoms with E-state index < -0.39 is 0 Å². The van der Waals surface area contributed by atoms with Gasteiger partial charge in [-0.2, -0.15) is 0 Å². The fourth-order valence-corrected chi connectivity index (χ4v) is 4.06. The first kappa shape index (κ1) is 17.4. The van der Waals surface area contributed by atoms with Gasteiger partial charge in [0.05, 0.1) is 16.8 Å². The van der Waals surface area contributed by atoms with Gasteiger partial charge >= 0.3 is 0 Å². The lowest BCUT2D eigenvalue weighted by molar-refractivity contribution is 0.0984. The molecule has 0 aliphatic rings. The normalized spacial score (nSPS) is 10.9. The summed E-state index contributed by atoms with van der Waals surface area (Å²) in [6, 6.07) is 17.7. The molecule has 0 fully saturated rings. The van der Waals surface area contributed by atoms with Gasteiger partial charge in [0.1, 0.15) is 0 Å². The van der Waals surface area contributed by atoms with Crippen LogP contribution in [-0.2, 0) is 6.54 Å². The van der Waals surface area contributed by atoms with E-state index in [4.69, 9.17) is 4.98 Å². The molecule has 0 aliphatic carbocycles. The highest BCUT2D eigenvalue weighted by Crippen LogP contribution is 2.31. The molecular formula is C22H19N3OS. The van der Waals surface area contributed by atoms with Crippen molar-refractivity contribution in [2.75, 3.05) is 4.90 Å². The quantitative estimate of drug-likeness (QED) is 0.497. The summed E-state index contributed by atoms with van der Waals surface area (Å²) < 4.78 is 1.08. The van der Waals surface area contributed by atoms with Crippen molar-refractivity contribution in [3.05, 3.63) is 89.2 Å². The fraction of sp³-hybridized carbons (Fsp3) is 0.136. The topological polar surface area (TPSA) is 46.1 Å². The Hall–Kier alpha value is -3.05. The van der Waals surface area contributed by atoms with E-state index in [9.17, 15) is 4.79 Å². The number of amides is 1. The van der Waals surface area contributed by atoms with Crippen LogP contribution in [-0.4, -0.2) is 15.9 Å². The zero-order valence-corrected chi connectivity index (χ0v) is 16.0. The van der Waals surface area contributed by atoms with E-state index in [-0.39, 0.29) is 5.91 Å².